The summed E-state index contributed by atoms with van der Waals surface area (Å²) in [6.45, 7) is 10.3. The first-order valence-corrected chi connectivity index (χ1v) is 8.54. The Morgan fingerprint density at radius 1 is 1.22 bits per heavy atom. The molecule has 23 heavy (non-hydrogen) atoms. The fourth-order valence-electron chi connectivity index (χ4n) is 2.66. The quantitative estimate of drug-likeness (QED) is 0.798. The SMILES string of the molecule is CCCC(=O)N(Cc1cccc(C)c1)[C@H](CC)C(=O)NC(C)C. The molecule has 1 aromatic rings. The summed E-state index contributed by atoms with van der Waals surface area (Å²) in [6, 6.07) is 7.74. The molecule has 4 nitrogen and oxygen atoms in total. The van der Waals surface area contributed by atoms with Gasteiger partial charge in [0.1, 0.15) is 6.04 Å². The third-order valence-electron chi connectivity index (χ3n) is 3.72. The first-order chi connectivity index (χ1) is 10.9. The number of hydrogen-bond acceptors (Lipinski definition) is 2. The molecular weight excluding hydrogens is 288 g/mol. The van der Waals surface area contributed by atoms with Gasteiger partial charge in [0.2, 0.25) is 11.8 Å². The summed E-state index contributed by atoms with van der Waals surface area (Å²) in [5, 5.41) is 2.94. The number of aryl methyl sites for hydroxylation is 1. The molecule has 1 rings (SSSR count). The molecule has 0 saturated carbocycles. The zero-order valence-electron chi connectivity index (χ0n) is 15.1. The lowest BCUT2D eigenvalue weighted by molar-refractivity contribution is -0.141. The van der Waals surface area contributed by atoms with E-state index in [1.165, 1.54) is 0 Å². The Labute approximate surface area is 140 Å². The van der Waals surface area contributed by atoms with Crippen LogP contribution < -0.4 is 5.32 Å². The van der Waals surface area contributed by atoms with Gasteiger partial charge in [-0.3, -0.25) is 9.59 Å². The third kappa shape index (κ3) is 6.05. The second-order valence-corrected chi connectivity index (χ2v) is 6.35. The smallest absolute Gasteiger partial charge is 0.243 e. The molecule has 0 unspecified atom stereocenters. The van der Waals surface area contributed by atoms with Crippen LogP contribution in [0.1, 0.15) is 58.1 Å². The Hall–Kier alpha value is -1.84. The summed E-state index contributed by atoms with van der Waals surface area (Å²) >= 11 is 0. The molecule has 1 aromatic carbocycles. The average Bonchev–Trinajstić information content (AvgIpc) is 2.46. The standard InChI is InChI=1S/C19H30N2O2/c1-6-9-18(22)21(13-16-11-8-10-15(5)12-16)17(7-2)19(23)20-14(3)4/h8,10-12,14,17H,6-7,9,13H2,1-5H3,(H,20,23)/t17-/m1/s1. The lowest BCUT2D eigenvalue weighted by Crippen LogP contribution is -2.50. The van der Waals surface area contributed by atoms with Crippen LogP contribution in [0.2, 0.25) is 0 Å². The molecule has 2 amide bonds. The lowest BCUT2D eigenvalue weighted by Gasteiger charge is -2.31. The molecule has 0 aliphatic carbocycles. The van der Waals surface area contributed by atoms with Crippen molar-refractivity contribution in [2.45, 2.75) is 72.5 Å². The number of nitrogens with one attached hydrogen (secondary N) is 1. The predicted octanol–water partition coefficient (Wildman–Crippen LogP) is 3.43. The fraction of sp³-hybridized carbons (Fsp3) is 0.579. The molecular formula is C19H30N2O2. The van der Waals surface area contributed by atoms with E-state index < -0.39 is 6.04 Å². The molecule has 0 aliphatic heterocycles. The lowest BCUT2D eigenvalue weighted by atomic mass is 10.1. The van der Waals surface area contributed by atoms with Gasteiger partial charge in [0.15, 0.2) is 0 Å². The van der Waals surface area contributed by atoms with Gasteiger partial charge in [-0.15, -0.1) is 0 Å². The van der Waals surface area contributed by atoms with E-state index in [0.29, 0.717) is 19.4 Å². The van der Waals surface area contributed by atoms with Crippen LogP contribution in [0, 0.1) is 6.92 Å². The van der Waals surface area contributed by atoms with Crippen molar-refractivity contribution in [3.8, 4) is 0 Å². The van der Waals surface area contributed by atoms with Crippen LogP contribution in [0.4, 0.5) is 0 Å². The number of rotatable bonds is 8. The normalized spacial score (nSPS) is 12.1. The van der Waals surface area contributed by atoms with Crippen LogP contribution in [0.3, 0.4) is 0 Å². The van der Waals surface area contributed by atoms with Gasteiger partial charge >= 0.3 is 0 Å². The number of carbonyl (C=O) groups excluding carboxylic acids is 2. The van der Waals surface area contributed by atoms with Crippen molar-refractivity contribution in [1.82, 2.24) is 10.2 Å². The molecule has 128 valence electrons. The minimum Gasteiger partial charge on any atom is -0.352 e. The molecule has 0 radical (unpaired) electrons. The molecule has 4 heteroatoms. The van der Waals surface area contributed by atoms with Crippen molar-refractivity contribution in [3.63, 3.8) is 0 Å². The highest BCUT2D eigenvalue weighted by Gasteiger charge is 2.28. The first kappa shape index (κ1) is 19.2. The molecule has 1 N–H and O–H groups in total. The molecule has 0 spiro atoms. The van der Waals surface area contributed by atoms with Crippen molar-refractivity contribution in [2.75, 3.05) is 0 Å². The van der Waals surface area contributed by atoms with Crippen LogP contribution >= 0.6 is 0 Å². The predicted molar refractivity (Wildman–Crippen MR) is 94.0 cm³/mol. The van der Waals surface area contributed by atoms with Gasteiger partial charge in [0.05, 0.1) is 0 Å². The van der Waals surface area contributed by atoms with E-state index in [4.69, 9.17) is 0 Å². The molecule has 0 fully saturated rings. The second-order valence-electron chi connectivity index (χ2n) is 6.35. The molecule has 0 aliphatic rings. The molecule has 0 heterocycles. The van der Waals surface area contributed by atoms with E-state index in [1.807, 2.05) is 52.8 Å². The van der Waals surface area contributed by atoms with E-state index in [9.17, 15) is 9.59 Å². The topological polar surface area (TPSA) is 49.4 Å². The maximum atomic E-state index is 12.6. The Bertz CT molecular complexity index is 526. The maximum Gasteiger partial charge on any atom is 0.243 e. The molecule has 1 atom stereocenters. The van der Waals surface area contributed by atoms with Crippen molar-refractivity contribution in [2.24, 2.45) is 0 Å². The number of amides is 2. The van der Waals surface area contributed by atoms with Gasteiger partial charge < -0.3 is 10.2 Å². The van der Waals surface area contributed by atoms with E-state index in [0.717, 1.165) is 17.5 Å². The van der Waals surface area contributed by atoms with Crippen LogP contribution in [0.15, 0.2) is 24.3 Å². The minimum atomic E-state index is -0.419. The summed E-state index contributed by atoms with van der Waals surface area (Å²) in [5.74, 6) is -0.0284. The Morgan fingerprint density at radius 2 is 1.91 bits per heavy atom. The number of hydrogen-bond donors (Lipinski definition) is 1. The van der Waals surface area contributed by atoms with Gasteiger partial charge in [-0.25, -0.2) is 0 Å². The molecule has 0 bridgehead atoms. The summed E-state index contributed by atoms with van der Waals surface area (Å²) in [6.07, 6.45) is 1.86. The average molecular weight is 318 g/mol. The van der Waals surface area contributed by atoms with Crippen LogP contribution in [-0.4, -0.2) is 28.8 Å². The van der Waals surface area contributed by atoms with E-state index >= 15 is 0 Å². The van der Waals surface area contributed by atoms with Crippen LogP contribution in [-0.2, 0) is 16.1 Å². The Morgan fingerprint density at radius 3 is 2.43 bits per heavy atom. The van der Waals surface area contributed by atoms with Gasteiger partial charge in [0, 0.05) is 19.0 Å². The first-order valence-electron chi connectivity index (χ1n) is 8.54. The largest absolute Gasteiger partial charge is 0.352 e. The van der Waals surface area contributed by atoms with E-state index in [-0.39, 0.29) is 17.9 Å². The summed E-state index contributed by atoms with van der Waals surface area (Å²) in [7, 11) is 0. The van der Waals surface area contributed by atoms with Crippen molar-refractivity contribution in [3.05, 3.63) is 35.4 Å². The summed E-state index contributed by atoms with van der Waals surface area (Å²) < 4.78 is 0. The van der Waals surface area contributed by atoms with Gasteiger partial charge in [-0.05, 0) is 39.2 Å². The zero-order valence-corrected chi connectivity index (χ0v) is 15.1. The van der Waals surface area contributed by atoms with Crippen LogP contribution in [0.25, 0.3) is 0 Å². The highest BCUT2D eigenvalue weighted by Crippen LogP contribution is 2.15. The van der Waals surface area contributed by atoms with Crippen molar-refractivity contribution in [1.29, 1.82) is 0 Å². The summed E-state index contributed by atoms with van der Waals surface area (Å²) in [4.78, 5) is 26.8. The van der Waals surface area contributed by atoms with Crippen LogP contribution in [0.5, 0.6) is 0 Å². The fourth-order valence-corrected chi connectivity index (χ4v) is 2.66. The highest BCUT2D eigenvalue weighted by atomic mass is 16.2. The zero-order chi connectivity index (χ0) is 17.4. The summed E-state index contributed by atoms with van der Waals surface area (Å²) in [5.41, 5.74) is 2.22. The van der Waals surface area contributed by atoms with Gasteiger partial charge in [-0.2, -0.15) is 0 Å². The molecule has 0 aromatic heterocycles. The van der Waals surface area contributed by atoms with Gasteiger partial charge in [-0.1, -0.05) is 43.7 Å². The van der Waals surface area contributed by atoms with Crippen molar-refractivity contribution >= 4 is 11.8 Å². The van der Waals surface area contributed by atoms with E-state index in [1.54, 1.807) is 4.90 Å². The Balaban J connectivity index is 3.02. The van der Waals surface area contributed by atoms with Gasteiger partial charge in [0.25, 0.3) is 0 Å². The highest BCUT2D eigenvalue weighted by molar-refractivity contribution is 5.87. The third-order valence-corrected chi connectivity index (χ3v) is 3.72. The Kier molecular flexibility index (Phi) is 7.79. The number of nitrogens with zero attached hydrogens (tertiary/aromatic N) is 1. The minimum absolute atomic E-state index is 0.0414. The molecule has 0 saturated heterocycles. The number of benzene rings is 1. The second kappa shape index (κ2) is 9.33. The number of carbonyl (C=O) groups is 2. The van der Waals surface area contributed by atoms with E-state index in [2.05, 4.69) is 11.4 Å². The van der Waals surface area contributed by atoms with Crippen molar-refractivity contribution < 1.29 is 9.59 Å². The monoisotopic (exact) mass is 318 g/mol. The maximum absolute atomic E-state index is 12.6.